The summed E-state index contributed by atoms with van der Waals surface area (Å²) >= 11 is 0. The molecule has 5 nitrogen and oxygen atoms in total. The zero-order valence-corrected chi connectivity index (χ0v) is 21.2. The van der Waals surface area contributed by atoms with Crippen molar-refractivity contribution in [3.05, 3.63) is 64.9 Å². The Kier molecular flexibility index (Phi) is 7.22. The Morgan fingerprint density at radius 2 is 1.92 bits per heavy atom. The third-order valence-corrected chi connectivity index (χ3v) is 7.67. The third kappa shape index (κ3) is 5.22. The van der Waals surface area contributed by atoms with E-state index in [0.717, 1.165) is 43.4 Å². The molecule has 1 saturated heterocycles. The Hall–Kier alpha value is -2.62. The van der Waals surface area contributed by atoms with Gasteiger partial charge in [0.05, 0.1) is 18.6 Å². The number of fused-ring (bicyclic) bond motifs is 3. The number of anilines is 1. The van der Waals surface area contributed by atoms with Gasteiger partial charge in [-0.1, -0.05) is 19.4 Å². The zero-order valence-electron chi connectivity index (χ0n) is 21.2. The number of aromatic nitrogens is 1. The summed E-state index contributed by atoms with van der Waals surface area (Å²) in [6, 6.07) is 8.31. The van der Waals surface area contributed by atoms with Gasteiger partial charge in [0.25, 0.3) is 5.92 Å². The molecule has 0 amide bonds. The van der Waals surface area contributed by atoms with E-state index in [9.17, 15) is 18.3 Å². The van der Waals surface area contributed by atoms with Crippen molar-refractivity contribution >= 4 is 16.6 Å². The van der Waals surface area contributed by atoms with Gasteiger partial charge >= 0.3 is 0 Å². The minimum absolute atomic E-state index is 0.242. The normalized spacial score (nSPS) is 21.3. The van der Waals surface area contributed by atoms with Crippen LogP contribution in [-0.2, 0) is 6.42 Å². The number of H-pyrrole nitrogens is 1. The van der Waals surface area contributed by atoms with E-state index in [1.54, 1.807) is 18.2 Å². The van der Waals surface area contributed by atoms with E-state index in [1.165, 1.54) is 23.1 Å². The second kappa shape index (κ2) is 10.3. The van der Waals surface area contributed by atoms with Crippen molar-refractivity contribution in [2.24, 2.45) is 0 Å². The molecule has 3 N–H and O–H groups in total. The van der Waals surface area contributed by atoms with Gasteiger partial charge in [0, 0.05) is 47.0 Å². The maximum Gasteiger partial charge on any atom is 0.283 e. The molecule has 0 bridgehead atoms. The standard InChI is InChI=1S/C28H34F4N4O/c1-3-4-9-35-13-20(14-35)33-19-6-8-22(24(30)12-19)27-26-23(21-7-5-18(29)11-25(21)34-26)10-17(2)36(27)15-28(31,32)16-37/h5-8,11-12,17,20,27,33-34,37H,3-4,9-10,13-16H2,1-2H3. The van der Waals surface area contributed by atoms with Crippen LogP contribution >= 0.6 is 0 Å². The highest BCUT2D eigenvalue weighted by atomic mass is 19.3. The van der Waals surface area contributed by atoms with Crippen LogP contribution in [0.5, 0.6) is 0 Å². The van der Waals surface area contributed by atoms with Gasteiger partial charge in [0.1, 0.15) is 18.2 Å². The van der Waals surface area contributed by atoms with E-state index >= 15 is 4.39 Å². The zero-order chi connectivity index (χ0) is 26.3. The molecule has 2 atom stereocenters. The first kappa shape index (κ1) is 26.0. The van der Waals surface area contributed by atoms with Gasteiger partial charge in [0.2, 0.25) is 0 Å². The largest absolute Gasteiger partial charge is 0.390 e. The van der Waals surface area contributed by atoms with E-state index in [0.29, 0.717) is 23.3 Å². The first-order valence-electron chi connectivity index (χ1n) is 13.0. The van der Waals surface area contributed by atoms with Gasteiger partial charge < -0.3 is 15.4 Å². The van der Waals surface area contributed by atoms with E-state index in [4.69, 9.17) is 0 Å². The highest BCUT2D eigenvalue weighted by Gasteiger charge is 2.42. The number of hydrogen-bond acceptors (Lipinski definition) is 4. The minimum atomic E-state index is -3.35. The van der Waals surface area contributed by atoms with Crippen LogP contribution in [0.2, 0.25) is 0 Å². The van der Waals surface area contributed by atoms with Crippen LogP contribution in [0.25, 0.3) is 10.9 Å². The fourth-order valence-corrected chi connectivity index (χ4v) is 5.73. The summed E-state index contributed by atoms with van der Waals surface area (Å²) in [5, 5.41) is 13.4. The predicted octanol–water partition coefficient (Wildman–Crippen LogP) is 5.31. The highest BCUT2D eigenvalue weighted by Crippen LogP contribution is 2.43. The van der Waals surface area contributed by atoms with E-state index in [-0.39, 0.29) is 17.6 Å². The number of alkyl halides is 2. The molecule has 9 heteroatoms. The van der Waals surface area contributed by atoms with Crippen molar-refractivity contribution in [1.29, 1.82) is 0 Å². The molecule has 5 rings (SSSR count). The molecule has 2 aromatic carbocycles. The third-order valence-electron chi connectivity index (χ3n) is 7.67. The maximum absolute atomic E-state index is 15.7. The van der Waals surface area contributed by atoms with Crippen LogP contribution in [0.3, 0.4) is 0 Å². The molecule has 3 heterocycles. The molecule has 1 aromatic heterocycles. The van der Waals surface area contributed by atoms with Gasteiger partial charge in [-0.15, -0.1) is 0 Å². The molecule has 2 unspecified atom stereocenters. The number of nitrogens with one attached hydrogen (secondary N) is 2. The van der Waals surface area contributed by atoms with Gasteiger partial charge in [0.15, 0.2) is 0 Å². The van der Waals surface area contributed by atoms with Crippen molar-refractivity contribution in [2.75, 3.05) is 38.1 Å². The van der Waals surface area contributed by atoms with Crippen molar-refractivity contribution in [1.82, 2.24) is 14.8 Å². The Balaban J connectivity index is 1.47. The molecular weight excluding hydrogens is 484 g/mol. The summed E-state index contributed by atoms with van der Waals surface area (Å²) in [5.74, 6) is -4.27. The average molecular weight is 519 g/mol. The summed E-state index contributed by atoms with van der Waals surface area (Å²) in [5.41, 5.74) is 2.92. The number of aliphatic hydroxyl groups excluding tert-OH is 1. The molecular formula is C28H34F4N4O. The molecule has 0 aliphatic carbocycles. The fourth-order valence-electron chi connectivity index (χ4n) is 5.73. The lowest BCUT2D eigenvalue weighted by Gasteiger charge is -2.42. The van der Waals surface area contributed by atoms with Gasteiger partial charge in [-0.25, -0.2) is 17.6 Å². The van der Waals surface area contributed by atoms with Crippen LogP contribution < -0.4 is 5.32 Å². The monoisotopic (exact) mass is 518 g/mol. The molecule has 2 aliphatic rings. The minimum Gasteiger partial charge on any atom is -0.390 e. The number of aromatic amines is 1. The van der Waals surface area contributed by atoms with E-state index in [1.807, 2.05) is 6.92 Å². The molecule has 1 fully saturated rings. The van der Waals surface area contributed by atoms with Crippen molar-refractivity contribution in [3.63, 3.8) is 0 Å². The number of likely N-dealkylation sites (tertiary alicyclic amines) is 1. The molecule has 200 valence electrons. The molecule has 2 aliphatic heterocycles. The van der Waals surface area contributed by atoms with E-state index in [2.05, 4.69) is 22.1 Å². The summed E-state index contributed by atoms with van der Waals surface area (Å²) in [4.78, 5) is 7.09. The number of unbranched alkanes of at least 4 members (excludes halogenated alkanes) is 1. The molecule has 0 saturated carbocycles. The number of hydrogen-bond donors (Lipinski definition) is 3. The number of benzene rings is 2. The lowest BCUT2D eigenvalue weighted by atomic mass is 9.88. The maximum atomic E-state index is 15.7. The lowest BCUT2D eigenvalue weighted by molar-refractivity contribution is -0.0866. The predicted molar refractivity (Wildman–Crippen MR) is 137 cm³/mol. The van der Waals surface area contributed by atoms with Crippen LogP contribution in [-0.4, -0.2) is 70.7 Å². The summed E-state index contributed by atoms with van der Waals surface area (Å²) in [7, 11) is 0. The van der Waals surface area contributed by atoms with E-state index < -0.39 is 36.8 Å². The van der Waals surface area contributed by atoms with Crippen molar-refractivity contribution in [2.45, 2.75) is 57.2 Å². The number of rotatable bonds is 9. The Morgan fingerprint density at radius 3 is 2.62 bits per heavy atom. The average Bonchev–Trinajstić information content (AvgIpc) is 3.18. The Morgan fingerprint density at radius 1 is 1.14 bits per heavy atom. The Bertz CT molecular complexity index is 1260. The second-order valence-corrected chi connectivity index (χ2v) is 10.5. The fraction of sp³-hybridized carbons (Fsp3) is 0.500. The number of halogens is 4. The van der Waals surface area contributed by atoms with Crippen LogP contribution in [0.1, 0.15) is 49.6 Å². The molecule has 3 aromatic rings. The lowest BCUT2D eigenvalue weighted by Crippen LogP contribution is -2.54. The Labute approximate surface area is 214 Å². The summed E-state index contributed by atoms with van der Waals surface area (Å²) in [6.45, 7) is 4.83. The molecule has 0 spiro atoms. The second-order valence-electron chi connectivity index (χ2n) is 10.5. The quantitative estimate of drug-likeness (QED) is 0.336. The van der Waals surface area contributed by atoms with Gasteiger partial charge in [-0.3, -0.25) is 9.80 Å². The van der Waals surface area contributed by atoms with Crippen LogP contribution in [0.15, 0.2) is 36.4 Å². The molecule has 37 heavy (non-hydrogen) atoms. The summed E-state index contributed by atoms with van der Waals surface area (Å²) < 4.78 is 58.5. The van der Waals surface area contributed by atoms with Crippen molar-refractivity contribution in [3.8, 4) is 0 Å². The van der Waals surface area contributed by atoms with Gasteiger partial charge in [-0.05, 0) is 62.2 Å². The smallest absolute Gasteiger partial charge is 0.283 e. The SMILES string of the molecule is CCCCN1CC(Nc2ccc(C3c4[nH]c5cc(F)ccc5c4CC(C)N3CC(F)(F)CO)c(F)c2)C1. The summed E-state index contributed by atoms with van der Waals surface area (Å²) in [6.07, 6.45) is 2.75. The van der Waals surface area contributed by atoms with Gasteiger partial charge in [-0.2, -0.15) is 0 Å². The number of nitrogens with zero attached hydrogens (tertiary/aromatic N) is 2. The van der Waals surface area contributed by atoms with Crippen LogP contribution in [0.4, 0.5) is 23.2 Å². The first-order valence-corrected chi connectivity index (χ1v) is 13.0. The van der Waals surface area contributed by atoms with Crippen LogP contribution in [0, 0.1) is 11.6 Å². The highest BCUT2D eigenvalue weighted by molar-refractivity contribution is 5.85. The van der Waals surface area contributed by atoms with Crippen molar-refractivity contribution < 1.29 is 22.7 Å². The number of aliphatic hydroxyl groups is 1. The first-order chi connectivity index (χ1) is 17.7. The molecule has 0 radical (unpaired) electrons. The topological polar surface area (TPSA) is 54.5 Å².